The Bertz CT molecular complexity index is 623. The summed E-state index contributed by atoms with van der Waals surface area (Å²) in [5.41, 5.74) is 1.23. The van der Waals surface area contributed by atoms with E-state index in [1.807, 2.05) is 11.0 Å². The first-order valence-corrected chi connectivity index (χ1v) is 8.22. The maximum atomic E-state index is 12.1. The van der Waals surface area contributed by atoms with Crippen LogP contribution in [0.3, 0.4) is 0 Å². The van der Waals surface area contributed by atoms with Crippen LogP contribution in [0.15, 0.2) is 42.5 Å². The molecule has 1 aromatic carbocycles. The molecule has 0 radical (unpaired) electrons. The summed E-state index contributed by atoms with van der Waals surface area (Å²) in [6.45, 7) is 4.67. The molecule has 2 aromatic rings. The summed E-state index contributed by atoms with van der Waals surface area (Å²) in [7, 11) is 0. The van der Waals surface area contributed by atoms with Gasteiger partial charge in [-0.05, 0) is 31.0 Å². The molecule has 21 heavy (non-hydrogen) atoms. The summed E-state index contributed by atoms with van der Waals surface area (Å²) in [4.78, 5) is 16.5. The number of hydrogen-bond acceptors (Lipinski definition) is 3. The minimum Gasteiger partial charge on any atom is -0.318 e. The number of rotatable bonds is 4. The second kappa shape index (κ2) is 6.00. The molecule has 3 rings (SSSR count). The molecule has 0 spiro atoms. The second-order valence-corrected chi connectivity index (χ2v) is 6.53. The Labute approximate surface area is 129 Å². The molecule has 1 aliphatic rings. The van der Waals surface area contributed by atoms with Crippen LogP contribution in [0.1, 0.15) is 31.3 Å². The smallest absolute Gasteiger partial charge is 0.238 e. The minimum absolute atomic E-state index is 0.0231. The number of nitrogens with one attached hydrogen (secondary N) is 1. The largest absolute Gasteiger partial charge is 0.318 e. The van der Waals surface area contributed by atoms with Gasteiger partial charge in [-0.3, -0.25) is 10.1 Å². The van der Waals surface area contributed by atoms with Crippen molar-refractivity contribution in [2.45, 2.75) is 32.5 Å². The Kier molecular flexibility index (Phi) is 4.08. The second-order valence-electron chi connectivity index (χ2n) is 5.41. The fraction of sp³-hybridized carbons (Fsp3) is 0.353. The molecule has 1 fully saturated rings. The fourth-order valence-electron chi connectivity index (χ4n) is 2.71. The van der Waals surface area contributed by atoms with Crippen LogP contribution >= 0.6 is 11.3 Å². The zero-order chi connectivity index (χ0) is 14.8. The highest BCUT2D eigenvalue weighted by atomic mass is 32.1. The first-order chi connectivity index (χ1) is 10.2. The lowest BCUT2D eigenvalue weighted by atomic mass is 10.2. The molecular weight excluding hydrogens is 280 g/mol. The molecule has 1 aliphatic heterocycles. The SMILES string of the molecule is CCC(C)N1C(=O)CNC1c1ccc(-c2ccccc2)s1. The van der Waals surface area contributed by atoms with Crippen molar-refractivity contribution in [1.29, 1.82) is 0 Å². The maximum Gasteiger partial charge on any atom is 0.238 e. The third kappa shape index (κ3) is 2.74. The zero-order valence-electron chi connectivity index (χ0n) is 12.4. The number of carbonyl (C=O) groups is 1. The van der Waals surface area contributed by atoms with Gasteiger partial charge in [-0.2, -0.15) is 0 Å². The lowest BCUT2D eigenvalue weighted by Crippen LogP contribution is -2.37. The van der Waals surface area contributed by atoms with Gasteiger partial charge in [0.05, 0.1) is 6.54 Å². The predicted molar refractivity (Wildman–Crippen MR) is 87.1 cm³/mol. The minimum atomic E-state index is 0.0231. The highest BCUT2D eigenvalue weighted by Gasteiger charge is 2.35. The molecule has 1 saturated heterocycles. The Hall–Kier alpha value is -1.65. The van der Waals surface area contributed by atoms with Crippen molar-refractivity contribution in [2.75, 3.05) is 6.54 Å². The number of benzene rings is 1. The molecule has 1 N–H and O–H groups in total. The quantitative estimate of drug-likeness (QED) is 0.935. The van der Waals surface area contributed by atoms with Crippen molar-refractivity contribution < 1.29 is 4.79 Å². The topological polar surface area (TPSA) is 32.3 Å². The van der Waals surface area contributed by atoms with Crippen LogP contribution in [0.5, 0.6) is 0 Å². The number of amides is 1. The van der Waals surface area contributed by atoms with Gasteiger partial charge in [0.2, 0.25) is 5.91 Å². The fourth-order valence-corrected chi connectivity index (χ4v) is 3.80. The van der Waals surface area contributed by atoms with E-state index in [1.165, 1.54) is 15.3 Å². The highest BCUT2D eigenvalue weighted by Crippen LogP contribution is 2.35. The van der Waals surface area contributed by atoms with Gasteiger partial charge in [0, 0.05) is 15.8 Å². The average Bonchev–Trinajstić information content (AvgIpc) is 3.14. The van der Waals surface area contributed by atoms with E-state index in [9.17, 15) is 4.79 Å². The van der Waals surface area contributed by atoms with Crippen molar-refractivity contribution in [1.82, 2.24) is 10.2 Å². The van der Waals surface area contributed by atoms with Crippen LogP contribution in [-0.4, -0.2) is 23.4 Å². The molecule has 3 nitrogen and oxygen atoms in total. The van der Waals surface area contributed by atoms with E-state index in [2.05, 4.69) is 55.6 Å². The maximum absolute atomic E-state index is 12.1. The predicted octanol–water partition coefficient (Wildman–Crippen LogP) is 3.64. The van der Waals surface area contributed by atoms with Gasteiger partial charge >= 0.3 is 0 Å². The van der Waals surface area contributed by atoms with E-state index in [4.69, 9.17) is 0 Å². The van der Waals surface area contributed by atoms with Crippen molar-refractivity contribution in [3.63, 3.8) is 0 Å². The van der Waals surface area contributed by atoms with Gasteiger partial charge in [0.25, 0.3) is 0 Å². The molecule has 2 unspecified atom stereocenters. The van der Waals surface area contributed by atoms with Crippen molar-refractivity contribution >= 4 is 17.2 Å². The molecular formula is C17H20N2OS. The van der Waals surface area contributed by atoms with Crippen LogP contribution in [0.25, 0.3) is 10.4 Å². The Morgan fingerprint density at radius 3 is 2.76 bits per heavy atom. The monoisotopic (exact) mass is 300 g/mol. The van der Waals surface area contributed by atoms with E-state index >= 15 is 0 Å². The summed E-state index contributed by atoms with van der Waals surface area (Å²) in [5, 5.41) is 3.34. The van der Waals surface area contributed by atoms with Gasteiger partial charge in [0.1, 0.15) is 6.17 Å². The van der Waals surface area contributed by atoms with Crippen LogP contribution in [0, 0.1) is 0 Å². The average molecular weight is 300 g/mol. The summed E-state index contributed by atoms with van der Waals surface area (Å²) in [5.74, 6) is 0.198. The molecule has 110 valence electrons. The zero-order valence-corrected chi connectivity index (χ0v) is 13.2. The highest BCUT2D eigenvalue weighted by molar-refractivity contribution is 7.15. The van der Waals surface area contributed by atoms with Gasteiger partial charge in [-0.15, -0.1) is 11.3 Å². The van der Waals surface area contributed by atoms with Crippen molar-refractivity contribution in [3.05, 3.63) is 47.3 Å². The first-order valence-electron chi connectivity index (χ1n) is 7.40. The number of carbonyl (C=O) groups excluding carboxylic acids is 1. The number of nitrogens with zero attached hydrogens (tertiary/aromatic N) is 1. The standard InChI is InChI=1S/C17H20N2OS/c1-3-12(2)19-16(20)11-18-17(19)15-10-9-14(21-15)13-7-5-4-6-8-13/h4-10,12,17-18H,3,11H2,1-2H3. The van der Waals surface area contributed by atoms with E-state index in [1.54, 1.807) is 11.3 Å². The summed E-state index contributed by atoms with van der Waals surface area (Å²) in [6.07, 6.45) is 0.996. The summed E-state index contributed by atoms with van der Waals surface area (Å²) < 4.78 is 0. The molecule has 0 bridgehead atoms. The van der Waals surface area contributed by atoms with Crippen molar-refractivity contribution in [2.24, 2.45) is 0 Å². The van der Waals surface area contributed by atoms with E-state index in [0.717, 1.165) is 6.42 Å². The van der Waals surface area contributed by atoms with Gasteiger partial charge < -0.3 is 4.90 Å². The van der Waals surface area contributed by atoms with E-state index < -0.39 is 0 Å². The molecule has 0 saturated carbocycles. The Morgan fingerprint density at radius 2 is 2.05 bits per heavy atom. The number of hydrogen-bond donors (Lipinski definition) is 1. The van der Waals surface area contributed by atoms with Crippen LogP contribution in [0.4, 0.5) is 0 Å². The Balaban J connectivity index is 1.87. The molecule has 0 aliphatic carbocycles. The Morgan fingerprint density at radius 1 is 1.29 bits per heavy atom. The number of thiophene rings is 1. The van der Waals surface area contributed by atoms with E-state index in [-0.39, 0.29) is 18.1 Å². The molecule has 1 amide bonds. The normalized spacial score (nSPS) is 20.0. The van der Waals surface area contributed by atoms with Gasteiger partial charge in [-0.1, -0.05) is 37.3 Å². The van der Waals surface area contributed by atoms with Crippen LogP contribution in [0.2, 0.25) is 0 Å². The molecule has 2 heterocycles. The third-order valence-electron chi connectivity index (χ3n) is 4.03. The molecule has 1 aromatic heterocycles. The summed E-state index contributed by atoms with van der Waals surface area (Å²) >= 11 is 1.76. The van der Waals surface area contributed by atoms with E-state index in [0.29, 0.717) is 6.54 Å². The summed E-state index contributed by atoms with van der Waals surface area (Å²) in [6, 6.07) is 14.9. The van der Waals surface area contributed by atoms with Gasteiger partial charge in [0.15, 0.2) is 0 Å². The lowest BCUT2D eigenvalue weighted by molar-refractivity contribution is -0.130. The van der Waals surface area contributed by atoms with Crippen molar-refractivity contribution in [3.8, 4) is 10.4 Å². The first kappa shape index (κ1) is 14.3. The van der Waals surface area contributed by atoms with Crippen LogP contribution < -0.4 is 5.32 Å². The lowest BCUT2D eigenvalue weighted by Gasteiger charge is -2.29. The molecule has 4 heteroatoms. The third-order valence-corrected chi connectivity index (χ3v) is 5.22. The van der Waals surface area contributed by atoms with Crippen LogP contribution in [-0.2, 0) is 4.79 Å². The van der Waals surface area contributed by atoms with Gasteiger partial charge in [-0.25, -0.2) is 0 Å². The molecule has 2 atom stereocenters.